The summed E-state index contributed by atoms with van der Waals surface area (Å²) in [6, 6.07) is 15.1. The molecule has 0 fully saturated rings. The largest absolute Gasteiger partial charge is 0.366 e. The first-order valence-corrected chi connectivity index (χ1v) is 6.10. The van der Waals surface area contributed by atoms with Gasteiger partial charge in [0, 0.05) is 11.3 Å². The molecular formula is C15H12N4O. The molecule has 3 aromatic rings. The predicted octanol–water partition coefficient (Wildman–Crippen LogP) is 2.03. The minimum absolute atomic E-state index is 0.435. The Labute approximate surface area is 115 Å². The minimum atomic E-state index is -0.435. The molecule has 0 aliphatic heterocycles. The Balaban J connectivity index is 2.12. The summed E-state index contributed by atoms with van der Waals surface area (Å²) in [6.07, 6.45) is 3.25. The van der Waals surface area contributed by atoms with Crippen LogP contribution in [0.15, 0.2) is 61.2 Å². The van der Waals surface area contributed by atoms with E-state index in [9.17, 15) is 4.79 Å². The Morgan fingerprint density at radius 3 is 2.50 bits per heavy atom. The van der Waals surface area contributed by atoms with Crippen molar-refractivity contribution in [2.45, 2.75) is 0 Å². The molecule has 0 radical (unpaired) electrons. The van der Waals surface area contributed by atoms with Crippen molar-refractivity contribution >= 4 is 5.91 Å². The first kappa shape index (κ1) is 12.1. The molecule has 5 heteroatoms. The fraction of sp³-hybridized carbons (Fsp3) is 0. The molecule has 0 aliphatic carbocycles. The molecule has 2 aromatic carbocycles. The van der Waals surface area contributed by atoms with Gasteiger partial charge < -0.3 is 5.73 Å². The van der Waals surface area contributed by atoms with Crippen molar-refractivity contribution in [3.8, 4) is 16.8 Å². The van der Waals surface area contributed by atoms with Crippen LogP contribution in [0.4, 0.5) is 0 Å². The van der Waals surface area contributed by atoms with Crippen LogP contribution in [-0.4, -0.2) is 20.7 Å². The zero-order valence-electron chi connectivity index (χ0n) is 10.6. The van der Waals surface area contributed by atoms with Gasteiger partial charge in [0.15, 0.2) is 0 Å². The predicted molar refractivity (Wildman–Crippen MR) is 75.3 cm³/mol. The summed E-state index contributed by atoms with van der Waals surface area (Å²) in [5.74, 6) is -0.435. The zero-order valence-corrected chi connectivity index (χ0v) is 10.6. The van der Waals surface area contributed by atoms with Gasteiger partial charge in [0.1, 0.15) is 12.7 Å². The number of nitrogens with two attached hydrogens (primary N) is 1. The Morgan fingerprint density at radius 1 is 1.00 bits per heavy atom. The first-order chi connectivity index (χ1) is 9.75. The Kier molecular flexibility index (Phi) is 3.01. The third-order valence-electron chi connectivity index (χ3n) is 3.07. The van der Waals surface area contributed by atoms with Gasteiger partial charge in [-0.1, -0.05) is 30.3 Å². The second kappa shape index (κ2) is 4.97. The molecule has 98 valence electrons. The second-order valence-corrected chi connectivity index (χ2v) is 4.33. The lowest BCUT2D eigenvalue weighted by molar-refractivity contribution is 0.100. The maximum Gasteiger partial charge on any atom is 0.249 e. The van der Waals surface area contributed by atoms with Gasteiger partial charge in [-0.2, -0.15) is 0 Å². The van der Waals surface area contributed by atoms with Crippen molar-refractivity contribution in [1.29, 1.82) is 0 Å². The molecular weight excluding hydrogens is 252 g/mol. The number of amides is 1. The van der Waals surface area contributed by atoms with Crippen molar-refractivity contribution < 1.29 is 4.79 Å². The summed E-state index contributed by atoms with van der Waals surface area (Å²) in [6.45, 7) is 0. The number of rotatable bonds is 3. The van der Waals surface area contributed by atoms with Crippen LogP contribution in [0.25, 0.3) is 16.8 Å². The number of hydrogen-bond acceptors (Lipinski definition) is 3. The van der Waals surface area contributed by atoms with Crippen LogP contribution in [0.3, 0.4) is 0 Å². The highest BCUT2D eigenvalue weighted by Gasteiger charge is 2.09. The third-order valence-corrected chi connectivity index (χ3v) is 3.07. The van der Waals surface area contributed by atoms with Crippen molar-refractivity contribution in [2.75, 3.05) is 0 Å². The SMILES string of the molecule is NC(=O)c1ccccc1-c1cccc(-n2cnnc2)c1. The lowest BCUT2D eigenvalue weighted by Gasteiger charge is -2.09. The number of carbonyl (C=O) groups is 1. The van der Waals surface area contributed by atoms with E-state index in [0.717, 1.165) is 16.8 Å². The van der Waals surface area contributed by atoms with Crippen LogP contribution in [-0.2, 0) is 0 Å². The van der Waals surface area contributed by atoms with Gasteiger partial charge in [-0.05, 0) is 29.3 Å². The molecule has 0 atom stereocenters. The van der Waals surface area contributed by atoms with Crippen molar-refractivity contribution in [3.63, 3.8) is 0 Å². The summed E-state index contributed by atoms with van der Waals surface area (Å²) < 4.78 is 1.80. The topological polar surface area (TPSA) is 73.8 Å². The van der Waals surface area contributed by atoms with E-state index in [2.05, 4.69) is 10.2 Å². The van der Waals surface area contributed by atoms with Crippen LogP contribution in [0.2, 0.25) is 0 Å². The monoisotopic (exact) mass is 264 g/mol. The first-order valence-electron chi connectivity index (χ1n) is 6.10. The molecule has 1 amide bonds. The van der Waals surface area contributed by atoms with E-state index in [1.165, 1.54) is 0 Å². The minimum Gasteiger partial charge on any atom is -0.366 e. The molecule has 0 spiro atoms. The summed E-state index contributed by atoms with van der Waals surface area (Å²) in [4.78, 5) is 11.5. The highest BCUT2D eigenvalue weighted by Crippen LogP contribution is 2.25. The molecule has 0 aliphatic rings. The van der Waals surface area contributed by atoms with Gasteiger partial charge >= 0.3 is 0 Å². The molecule has 0 saturated carbocycles. The van der Waals surface area contributed by atoms with Crippen LogP contribution < -0.4 is 5.73 Å². The van der Waals surface area contributed by atoms with E-state index in [-0.39, 0.29) is 0 Å². The van der Waals surface area contributed by atoms with E-state index >= 15 is 0 Å². The number of benzene rings is 2. The summed E-state index contributed by atoms with van der Waals surface area (Å²) in [5.41, 5.74) is 8.59. The van der Waals surface area contributed by atoms with Gasteiger partial charge in [-0.3, -0.25) is 9.36 Å². The molecule has 20 heavy (non-hydrogen) atoms. The number of aromatic nitrogens is 3. The maximum atomic E-state index is 11.5. The van der Waals surface area contributed by atoms with Crippen LogP contribution in [0.1, 0.15) is 10.4 Å². The average molecular weight is 264 g/mol. The summed E-state index contributed by atoms with van der Waals surface area (Å²) in [7, 11) is 0. The van der Waals surface area contributed by atoms with E-state index in [1.807, 2.05) is 36.4 Å². The molecule has 1 aromatic heterocycles. The number of hydrogen-bond donors (Lipinski definition) is 1. The quantitative estimate of drug-likeness (QED) is 0.786. The molecule has 1 heterocycles. The Bertz CT molecular complexity index is 750. The average Bonchev–Trinajstić information content (AvgIpc) is 3.01. The lowest BCUT2D eigenvalue weighted by Crippen LogP contribution is -2.12. The van der Waals surface area contributed by atoms with Crippen LogP contribution in [0, 0.1) is 0 Å². The third kappa shape index (κ3) is 2.16. The highest BCUT2D eigenvalue weighted by atomic mass is 16.1. The van der Waals surface area contributed by atoms with Gasteiger partial charge in [-0.15, -0.1) is 10.2 Å². The molecule has 5 nitrogen and oxygen atoms in total. The number of primary amides is 1. The number of nitrogens with zero attached hydrogens (tertiary/aromatic N) is 3. The van der Waals surface area contributed by atoms with Gasteiger partial charge in [0.2, 0.25) is 5.91 Å². The normalized spacial score (nSPS) is 10.4. The standard InChI is InChI=1S/C15H12N4O/c16-15(20)14-7-2-1-6-13(14)11-4-3-5-12(8-11)19-9-17-18-10-19/h1-10H,(H2,16,20). The fourth-order valence-electron chi connectivity index (χ4n) is 2.12. The number of carbonyl (C=O) groups excluding carboxylic acids is 1. The summed E-state index contributed by atoms with van der Waals surface area (Å²) >= 11 is 0. The smallest absolute Gasteiger partial charge is 0.249 e. The Morgan fingerprint density at radius 2 is 1.75 bits per heavy atom. The second-order valence-electron chi connectivity index (χ2n) is 4.33. The van der Waals surface area contributed by atoms with Gasteiger partial charge in [-0.25, -0.2) is 0 Å². The van der Waals surface area contributed by atoms with E-state index in [1.54, 1.807) is 29.4 Å². The van der Waals surface area contributed by atoms with Gasteiger partial charge in [0.25, 0.3) is 0 Å². The van der Waals surface area contributed by atoms with Crippen molar-refractivity contribution in [1.82, 2.24) is 14.8 Å². The molecule has 2 N–H and O–H groups in total. The van der Waals surface area contributed by atoms with Crippen molar-refractivity contribution in [3.05, 3.63) is 66.7 Å². The lowest BCUT2D eigenvalue weighted by atomic mass is 9.99. The molecule has 0 bridgehead atoms. The highest BCUT2D eigenvalue weighted by molar-refractivity contribution is 5.99. The van der Waals surface area contributed by atoms with Gasteiger partial charge in [0.05, 0.1) is 0 Å². The summed E-state index contributed by atoms with van der Waals surface area (Å²) in [5, 5.41) is 7.57. The van der Waals surface area contributed by atoms with E-state index in [0.29, 0.717) is 5.56 Å². The van der Waals surface area contributed by atoms with Crippen LogP contribution in [0.5, 0.6) is 0 Å². The van der Waals surface area contributed by atoms with E-state index in [4.69, 9.17) is 5.73 Å². The molecule has 0 unspecified atom stereocenters. The maximum absolute atomic E-state index is 11.5. The van der Waals surface area contributed by atoms with Crippen LogP contribution >= 0.6 is 0 Å². The van der Waals surface area contributed by atoms with Crippen molar-refractivity contribution in [2.24, 2.45) is 5.73 Å². The molecule has 3 rings (SSSR count). The molecule has 0 saturated heterocycles. The Hall–Kier alpha value is -2.95. The van der Waals surface area contributed by atoms with E-state index < -0.39 is 5.91 Å². The zero-order chi connectivity index (χ0) is 13.9. The fourth-order valence-corrected chi connectivity index (χ4v) is 2.12.